The van der Waals surface area contributed by atoms with Crippen LogP contribution in [-0.4, -0.2) is 50.4 Å². The molecule has 1 N–H and O–H groups in total. The van der Waals surface area contributed by atoms with Crippen LogP contribution in [0.15, 0.2) is 23.8 Å². The summed E-state index contributed by atoms with van der Waals surface area (Å²) in [6, 6.07) is 0. The summed E-state index contributed by atoms with van der Waals surface area (Å²) in [6.45, 7) is 8.68. The number of rotatable bonds is 28. The summed E-state index contributed by atoms with van der Waals surface area (Å²) in [5.74, 6) is 1.16. The van der Waals surface area contributed by atoms with Gasteiger partial charge in [0.1, 0.15) is 5.75 Å². The fourth-order valence-corrected chi connectivity index (χ4v) is 5.78. The van der Waals surface area contributed by atoms with E-state index in [-0.39, 0.29) is 12.1 Å². The first kappa shape index (κ1) is 36.6. The zero-order valence-electron chi connectivity index (χ0n) is 24.7. The molecule has 0 aromatic heterocycles. The van der Waals surface area contributed by atoms with Gasteiger partial charge in [0.2, 0.25) is 0 Å². The summed E-state index contributed by atoms with van der Waals surface area (Å²) in [7, 11) is 5.17. The highest BCUT2D eigenvalue weighted by atomic mass is 33.1. The highest BCUT2D eigenvalue weighted by Crippen LogP contribution is 2.22. The van der Waals surface area contributed by atoms with Crippen molar-refractivity contribution < 1.29 is 14.3 Å². The molecule has 4 nitrogen and oxygen atoms in total. The number of hydrogen-bond acceptors (Lipinski definition) is 6. The second-order valence-electron chi connectivity index (χ2n) is 9.97. The van der Waals surface area contributed by atoms with E-state index < -0.39 is 0 Å². The van der Waals surface area contributed by atoms with Crippen molar-refractivity contribution in [3.05, 3.63) is 23.8 Å². The van der Waals surface area contributed by atoms with Gasteiger partial charge in [-0.05, 0) is 53.1 Å². The van der Waals surface area contributed by atoms with Gasteiger partial charge in [-0.1, -0.05) is 129 Å². The normalized spacial score (nSPS) is 12.9. The third-order valence-corrected chi connectivity index (χ3v) is 8.55. The Morgan fingerprint density at radius 1 is 0.892 bits per heavy atom. The fourth-order valence-electron chi connectivity index (χ4n) is 4.14. The molecule has 0 aromatic carbocycles. The molecule has 0 bridgehead atoms. The largest absolute Gasteiger partial charge is 0.465 e. The Bertz CT molecular complexity index is 555. The molecule has 6 heteroatoms. The van der Waals surface area contributed by atoms with Gasteiger partial charge in [0.15, 0.2) is 0 Å². The molecule has 37 heavy (non-hydrogen) atoms. The van der Waals surface area contributed by atoms with E-state index in [9.17, 15) is 4.79 Å². The van der Waals surface area contributed by atoms with Crippen LogP contribution in [0.4, 0.5) is 0 Å². The second kappa shape index (κ2) is 30.1. The molecule has 0 spiro atoms. The van der Waals surface area contributed by atoms with Crippen LogP contribution in [0.5, 0.6) is 0 Å². The lowest BCUT2D eigenvalue weighted by molar-refractivity contribution is -0.140. The van der Waals surface area contributed by atoms with Gasteiger partial charge in [-0.2, -0.15) is 0 Å². The van der Waals surface area contributed by atoms with E-state index in [4.69, 9.17) is 9.47 Å². The third kappa shape index (κ3) is 28.4. The smallest absolute Gasteiger partial charge is 0.316 e. The summed E-state index contributed by atoms with van der Waals surface area (Å²) in [6.07, 6.45) is 27.6. The first-order valence-corrected chi connectivity index (χ1v) is 17.6. The van der Waals surface area contributed by atoms with Gasteiger partial charge in [0.05, 0.1) is 19.3 Å². The van der Waals surface area contributed by atoms with Gasteiger partial charge in [-0.15, -0.1) is 0 Å². The molecular formula is C31H59NO3S2. The summed E-state index contributed by atoms with van der Waals surface area (Å²) in [5.41, 5.74) is 1.42. The van der Waals surface area contributed by atoms with E-state index in [0.717, 1.165) is 44.6 Å². The van der Waals surface area contributed by atoms with Gasteiger partial charge < -0.3 is 14.8 Å². The Kier molecular flexibility index (Phi) is 29.8. The zero-order chi connectivity index (χ0) is 27.2. The molecule has 0 aliphatic rings. The number of nitrogens with one attached hydrogen (secondary N) is 1. The maximum Gasteiger partial charge on any atom is 0.316 e. The highest BCUT2D eigenvalue weighted by Gasteiger charge is 2.08. The second-order valence-corrected chi connectivity index (χ2v) is 12.6. The van der Waals surface area contributed by atoms with Gasteiger partial charge in [-0.25, -0.2) is 0 Å². The lowest BCUT2D eigenvalue weighted by Gasteiger charge is -2.16. The van der Waals surface area contributed by atoms with Crippen molar-refractivity contribution in [3.63, 3.8) is 0 Å². The number of ether oxygens (including phenoxy) is 2. The molecule has 0 aromatic rings. The molecule has 1 atom stereocenters. The molecule has 0 saturated carbocycles. The predicted octanol–water partition coefficient (Wildman–Crippen LogP) is 9.30. The molecule has 0 radical (unpaired) electrons. The third-order valence-electron chi connectivity index (χ3n) is 6.35. The Labute approximate surface area is 238 Å². The van der Waals surface area contributed by atoms with Crippen LogP contribution in [0.25, 0.3) is 0 Å². The topological polar surface area (TPSA) is 47.6 Å². The zero-order valence-corrected chi connectivity index (χ0v) is 26.3. The Hall–Kier alpha value is -0.430. The van der Waals surface area contributed by atoms with E-state index >= 15 is 0 Å². The maximum absolute atomic E-state index is 11.7. The van der Waals surface area contributed by atoms with Crippen molar-refractivity contribution in [2.75, 3.05) is 38.3 Å². The van der Waals surface area contributed by atoms with Gasteiger partial charge in [0, 0.05) is 5.75 Å². The van der Waals surface area contributed by atoms with Crippen LogP contribution in [0.1, 0.15) is 124 Å². The van der Waals surface area contributed by atoms with Crippen LogP contribution in [0, 0.1) is 0 Å². The lowest BCUT2D eigenvalue weighted by Crippen LogP contribution is -2.14. The van der Waals surface area contributed by atoms with Gasteiger partial charge in [0.25, 0.3) is 0 Å². The Morgan fingerprint density at radius 3 is 2.16 bits per heavy atom. The first-order chi connectivity index (χ1) is 18.1. The van der Waals surface area contributed by atoms with Crippen LogP contribution >= 0.6 is 21.6 Å². The fraction of sp³-hybridized carbons (Fsp3) is 0.839. The molecule has 0 heterocycles. The highest BCUT2D eigenvalue weighted by molar-refractivity contribution is 8.76. The minimum Gasteiger partial charge on any atom is -0.465 e. The summed E-state index contributed by atoms with van der Waals surface area (Å²) < 4.78 is 11.5. The monoisotopic (exact) mass is 557 g/mol. The quantitative estimate of drug-likeness (QED) is 0.0447. The molecule has 0 fully saturated rings. The van der Waals surface area contributed by atoms with E-state index in [1.54, 1.807) is 21.6 Å². The molecule has 0 rings (SSSR count). The van der Waals surface area contributed by atoms with Crippen molar-refractivity contribution in [1.29, 1.82) is 0 Å². The average Bonchev–Trinajstić information content (AvgIpc) is 2.89. The minimum atomic E-state index is -0.126. The molecule has 1 unspecified atom stereocenters. The van der Waals surface area contributed by atoms with Gasteiger partial charge in [-0.3, -0.25) is 4.79 Å². The summed E-state index contributed by atoms with van der Waals surface area (Å²) >= 11 is 0. The number of hydrogen-bond donors (Lipinski definition) is 1. The molecule has 0 aliphatic heterocycles. The van der Waals surface area contributed by atoms with Crippen molar-refractivity contribution in [1.82, 2.24) is 5.32 Å². The standard InChI is InChI=1S/C31H59NO3S2/c1-5-7-9-10-11-12-13-14-15-16-17-19-22-30(27-29(3)21-18-8-6-2)34-25-26-36-37-28-31(33)35-24-20-23-32-4/h6,8,27,30,32H,5,7,9-26,28H2,1-4H3/b8-6+,29-27+. The van der Waals surface area contributed by atoms with Crippen LogP contribution in [-0.2, 0) is 14.3 Å². The van der Waals surface area contributed by atoms with Crippen molar-refractivity contribution in [3.8, 4) is 0 Å². The van der Waals surface area contributed by atoms with Crippen LogP contribution in [0.2, 0.25) is 0 Å². The van der Waals surface area contributed by atoms with E-state index in [1.165, 1.54) is 82.6 Å². The number of unbranched alkanes of at least 4 members (excludes halogenated alkanes) is 11. The lowest BCUT2D eigenvalue weighted by atomic mass is 10.0. The number of esters is 1. The molecule has 0 amide bonds. The van der Waals surface area contributed by atoms with Crippen LogP contribution < -0.4 is 5.32 Å². The number of allylic oxidation sites excluding steroid dienone is 3. The summed E-state index contributed by atoms with van der Waals surface area (Å²) in [5, 5.41) is 3.05. The number of carbonyl (C=O) groups is 1. The molecular weight excluding hydrogens is 498 g/mol. The maximum atomic E-state index is 11.7. The summed E-state index contributed by atoms with van der Waals surface area (Å²) in [4.78, 5) is 11.7. The van der Waals surface area contributed by atoms with Crippen molar-refractivity contribution >= 4 is 27.6 Å². The Balaban J connectivity index is 4.06. The minimum absolute atomic E-state index is 0.126. The van der Waals surface area contributed by atoms with E-state index in [1.807, 2.05) is 7.05 Å². The van der Waals surface area contributed by atoms with Crippen molar-refractivity contribution in [2.24, 2.45) is 0 Å². The van der Waals surface area contributed by atoms with Crippen LogP contribution in [0.3, 0.4) is 0 Å². The SMILES string of the molecule is C/C=C/CC/C(C)=C/C(CCCCCCCCCCCCCC)OCCSSCC(=O)OCCCNC. The number of carbonyl (C=O) groups excluding carboxylic acids is 1. The van der Waals surface area contributed by atoms with Gasteiger partial charge >= 0.3 is 5.97 Å². The molecule has 218 valence electrons. The average molecular weight is 558 g/mol. The van der Waals surface area contributed by atoms with E-state index in [2.05, 4.69) is 44.3 Å². The van der Waals surface area contributed by atoms with E-state index in [0.29, 0.717) is 12.4 Å². The Morgan fingerprint density at radius 2 is 1.54 bits per heavy atom. The first-order valence-electron chi connectivity index (χ1n) is 15.1. The predicted molar refractivity (Wildman–Crippen MR) is 168 cm³/mol. The van der Waals surface area contributed by atoms with Crippen molar-refractivity contribution in [2.45, 2.75) is 130 Å². The molecule has 0 aliphatic carbocycles. The molecule has 0 saturated heterocycles.